The molecule has 0 aromatic heterocycles. The molecule has 0 saturated heterocycles. The second kappa shape index (κ2) is 5.16. The van der Waals surface area contributed by atoms with Crippen molar-refractivity contribution in [3.8, 4) is 5.75 Å². The van der Waals surface area contributed by atoms with E-state index in [1.807, 2.05) is 0 Å². The van der Waals surface area contributed by atoms with Crippen molar-refractivity contribution >= 4 is 11.6 Å². The van der Waals surface area contributed by atoms with Gasteiger partial charge in [-0.2, -0.15) is 13.2 Å². The Bertz CT molecular complexity index is 480. The lowest BCUT2D eigenvalue weighted by molar-refractivity contribution is -0.173. The maximum Gasteiger partial charge on any atom is 0.453 e. The molecule has 1 aromatic rings. The van der Waals surface area contributed by atoms with Crippen LogP contribution in [0.25, 0.3) is 0 Å². The van der Waals surface area contributed by atoms with Crippen molar-refractivity contribution in [1.29, 1.82) is 0 Å². The largest absolute Gasteiger partial charge is 0.485 e. The molecule has 1 rings (SSSR count). The van der Waals surface area contributed by atoms with Crippen molar-refractivity contribution < 1.29 is 31.9 Å². The van der Waals surface area contributed by atoms with Gasteiger partial charge in [0, 0.05) is 0 Å². The third kappa shape index (κ3) is 3.28. The summed E-state index contributed by atoms with van der Waals surface area (Å²) >= 11 is 0. The highest BCUT2D eigenvalue weighted by atomic mass is 19.4. The Morgan fingerprint density at radius 2 is 1.89 bits per heavy atom. The van der Waals surface area contributed by atoms with E-state index in [9.17, 15) is 27.2 Å². The molecule has 0 unspecified atom stereocenters. The first kappa shape index (κ1) is 14.1. The fourth-order valence-electron chi connectivity index (χ4n) is 1.19. The van der Waals surface area contributed by atoms with Crippen molar-refractivity contribution in [2.75, 3.05) is 6.61 Å². The molecule has 1 aromatic carbocycles. The van der Waals surface area contributed by atoms with E-state index in [0.29, 0.717) is 0 Å². The van der Waals surface area contributed by atoms with Gasteiger partial charge in [0.1, 0.15) is 11.6 Å². The summed E-state index contributed by atoms with van der Waals surface area (Å²) in [5, 5.41) is 0. The molecular weight excluding hydrogens is 256 g/mol. The first-order chi connectivity index (χ1) is 8.23. The third-order valence-corrected chi connectivity index (χ3v) is 2.00. The number of hydrogen-bond acceptors (Lipinski definition) is 3. The minimum atomic E-state index is -5.02. The zero-order valence-electron chi connectivity index (χ0n) is 9.18. The number of benzene rings is 1. The summed E-state index contributed by atoms with van der Waals surface area (Å²) in [7, 11) is 0. The number of hydrogen-bond donors (Lipinski definition) is 0. The average Bonchev–Trinajstić information content (AvgIpc) is 2.23. The maximum atomic E-state index is 13.3. The highest BCUT2D eigenvalue weighted by Crippen LogP contribution is 2.23. The van der Waals surface area contributed by atoms with E-state index in [2.05, 4.69) is 4.74 Å². The number of Topliss-reactive ketones (excluding diaryl/α,β-unsaturated/α-hetero) is 2. The Labute approximate surface area is 99.4 Å². The highest BCUT2D eigenvalue weighted by molar-refractivity contribution is 5.97. The standard InChI is InChI=1S/C11H8F4O3/c1-6(16)10-7(12)3-2-4-8(10)18-5-9(17)11(13,14)15/h2-4H,5H2,1H3. The Morgan fingerprint density at radius 1 is 1.28 bits per heavy atom. The number of carbonyl (C=O) groups is 2. The Balaban J connectivity index is 2.90. The molecule has 0 bridgehead atoms. The summed E-state index contributed by atoms with van der Waals surface area (Å²) in [4.78, 5) is 21.7. The van der Waals surface area contributed by atoms with Crippen LogP contribution in [-0.2, 0) is 4.79 Å². The number of carbonyl (C=O) groups excluding carboxylic acids is 2. The summed E-state index contributed by atoms with van der Waals surface area (Å²) in [5.41, 5.74) is -0.479. The zero-order valence-corrected chi connectivity index (χ0v) is 9.18. The van der Waals surface area contributed by atoms with Gasteiger partial charge >= 0.3 is 6.18 Å². The third-order valence-electron chi connectivity index (χ3n) is 2.00. The normalized spacial score (nSPS) is 11.2. The molecule has 3 nitrogen and oxygen atoms in total. The molecule has 7 heteroatoms. The molecule has 0 spiro atoms. The van der Waals surface area contributed by atoms with Gasteiger partial charge < -0.3 is 4.74 Å². The van der Waals surface area contributed by atoms with Gasteiger partial charge in [-0.15, -0.1) is 0 Å². The van der Waals surface area contributed by atoms with Crippen molar-refractivity contribution in [3.63, 3.8) is 0 Å². The quantitative estimate of drug-likeness (QED) is 0.620. The van der Waals surface area contributed by atoms with Gasteiger partial charge in [0.2, 0.25) is 0 Å². The second-order valence-electron chi connectivity index (χ2n) is 3.38. The predicted molar refractivity (Wildman–Crippen MR) is 53.0 cm³/mol. The molecule has 0 amide bonds. The molecule has 0 aliphatic heterocycles. The van der Waals surface area contributed by atoms with Crippen molar-refractivity contribution in [3.05, 3.63) is 29.6 Å². The first-order valence-electron chi connectivity index (χ1n) is 4.75. The van der Waals surface area contributed by atoms with Gasteiger partial charge in [-0.25, -0.2) is 4.39 Å². The first-order valence-corrected chi connectivity index (χ1v) is 4.75. The van der Waals surface area contributed by atoms with E-state index in [0.717, 1.165) is 25.1 Å². The summed E-state index contributed by atoms with van der Waals surface area (Å²) in [5.74, 6) is -4.12. The van der Waals surface area contributed by atoms with E-state index >= 15 is 0 Å². The van der Waals surface area contributed by atoms with Gasteiger partial charge in [0.25, 0.3) is 5.78 Å². The highest BCUT2D eigenvalue weighted by Gasteiger charge is 2.38. The summed E-state index contributed by atoms with van der Waals surface area (Å²) < 4.78 is 53.5. The van der Waals surface area contributed by atoms with Crippen LogP contribution in [0.4, 0.5) is 17.6 Å². The Hall–Kier alpha value is -1.92. The number of ether oxygens (including phenoxy) is 1. The fourth-order valence-corrected chi connectivity index (χ4v) is 1.19. The lowest BCUT2D eigenvalue weighted by Crippen LogP contribution is -2.28. The number of halogens is 4. The Morgan fingerprint density at radius 3 is 2.39 bits per heavy atom. The van der Waals surface area contributed by atoms with Crippen LogP contribution in [0.5, 0.6) is 5.75 Å². The number of rotatable bonds is 4. The molecule has 0 fully saturated rings. The summed E-state index contributed by atoms with van der Waals surface area (Å²) in [6.45, 7) is -0.260. The number of alkyl halides is 3. The molecule has 0 aliphatic carbocycles. The van der Waals surface area contributed by atoms with Crippen LogP contribution in [0.15, 0.2) is 18.2 Å². The van der Waals surface area contributed by atoms with Crippen LogP contribution in [0, 0.1) is 5.82 Å². The van der Waals surface area contributed by atoms with Crippen LogP contribution in [0.3, 0.4) is 0 Å². The maximum absolute atomic E-state index is 13.3. The average molecular weight is 264 g/mol. The van der Waals surface area contributed by atoms with E-state index in [1.165, 1.54) is 0 Å². The lowest BCUT2D eigenvalue weighted by atomic mass is 10.1. The van der Waals surface area contributed by atoms with Crippen LogP contribution in [-0.4, -0.2) is 24.3 Å². The van der Waals surface area contributed by atoms with E-state index in [-0.39, 0.29) is 5.75 Å². The SMILES string of the molecule is CC(=O)c1c(F)cccc1OCC(=O)C(F)(F)F. The van der Waals surface area contributed by atoms with Crippen LogP contribution in [0.1, 0.15) is 17.3 Å². The lowest BCUT2D eigenvalue weighted by Gasteiger charge is -2.10. The van der Waals surface area contributed by atoms with Gasteiger partial charge in [-0.1, -0.05) is 6.07 Å². The van der Waals surface area contributed by atoms with Crippen molar-refractivity contribution in [2.24, 2.45) is 0 Å². The predicted octanol–water partition coefficient (Wildman–Crippen LogP) is 2.54. The molecule has 0 atom stereocenters. The molecule has 98 valence electrons. The smallest absolute Gasteiger partial charge is 0.453 e. The van der Waals surface area contributed by atoms with Crippen molar-refractivity contribution in [2.45, 2.75) is 13.1 Å². The molecule has 0 aliphatic rings. The van der Waals surface area contributed by atoms with Crippen molar-refractivity contribution in [1.82, 2.24) is 0 Å². The Kier molecular flexibility index (Phi) is 4.05. The molecule has 0 radical (unpaired) electrons. The molecular formula is C11H8F4O3. The van der Waals surface area contributed by atoms with Crippen LogP contribution in [0.2, 0.25) is 0 Å². The van der Waals surface area contributed by atoms with Gasteiger partial charge in [-0.3, -0.25) is 9.59 Å². The molecule has 0 N–H and O–H groups in total. The van der Waals surface area contributed by atoms with Crippen LogP contribution < -0.4 is 4.74 Å². The monoisotopic (exact) mass is 264 g/mol. The van der Waals surface area contributed by atoms with E-state index < -0.39 is 35.7 Å². The minimum Gasteiger partial charge on any atom is -0.485 e. The second-order valence-corrected chi connectivity index (χ2v) is 3.38. The molecule has 18 heavy (non-hydrogen) atoms. The zero-order chi connectivity index (χ0) is 13.9. The summed E-state index contributed by atoms with van der Waals surface area (Å²) in [6, 6.07) is 3.24. The molecule has 0 heterocycles. The fraction of sp³-hybridized carbons (Fsp3) is 0.273. The minimum absolute atomic E-state index is 0.389. The van der Waals surface area contributed by atoms with Crippen LogP contribution >= 0.6 is 0 Å². The summed E-state index contributed by atoms with van der Waals surface area (Å²) in [6.07, 6.45) is -5.02. The van der Waals surface area contributed by atoms with E-state index in [4.69, 9.17) is 0 Å². The van der Waals surface area contributed by atoms with Gasteiger partial charge in [0.15, 0.2) is 12.4 Å². The van der Waals surface area contributed by atoms with Gasteiger partial charge in [0.05, 0.1) is 5.56 Å². The number of ketones is 2. The molecule has 0 saturated carbocycles. The van der Waals surface area contributed by atoms with Gasteiger partial charge in [-0.05, 0) is 19.1 Å². The topological polar surface area (TPSA) is 43.4 Å². The van der Waals surface area contributed by atoms with E-state index in [1.54, 1.807) is 0 Å².